The third-order valence-electron chi connectivity index (χ3n) is 3.79. The Balaban J connectivity index is 1.92. The van der Waals surface area contributed by atoms with E-state index in [2.05, 4.69) is 26.2 Å². The minimum absolute atomic E-state index is 0.299. The number of aliphatic imine (C=N–C) groups is 1. The Morgan fingerprint density at radius 1 is 1.19 bits per heavy atom. The van der Waals surface area contributed by atoms with Gasteiger partial charge in [-0.25, -0.2) is 9.69 Å². The number of rotatable bonds is 4. The molecule has 0 aromatic heterocycles. The van der Waals surface area contributed by atoms with Gasteiger partial charge in [0, 0.05) is 15.7 Å². The van der Waals surface area contributed by atoms with Gasteiger partial charge in [0.25, 0.3) is 5.91 Å². The number of nitrogens with one attached hydrogen (secondary N) is 1. The second-order valence-corrected chi connectivity index (χ2v) is 6.87. The van der Waals surface area contributed by atoms with Crippen molar-refractivity contribution >= 4 is 63.0 Å². The van der Waals surface area contributed by atoms with E-state index >= 15 is 0 Å². The Labute approximate surface area is 168 Å². The lowest BCUT2D eigenvalue weighted by molar-refractivity contribution is -0.131. The summed E-state index contributed by atoms with van der Waals surface area (Å²) in [7, 11) is 1.49. The molecule has 0 saturated carbocycles. The number of hydrogen-bond acceptors (Lipinski definition) is 5. The summed E-state index contributed by atoms with van der Waals surface area (Å²) < 4.78 is 5.97. The van der Waals surface area contributed by atoms with Crippen molar-refractivity contribution < 1.29 is 19.1 Å². The van der Waals surface area contributed by atoms with Crippen LogP contribution < -0.4 is 15.0 Å². The molecule has 1 atom stereocenters. The fourth-order valence-electron chi connectivity index (χ4n) is 2.48. The van der Waals surface area contributed by atoms with E-state index in [4.69, 9.17) is 16.3 Å². The van der Waals surface area contributed by atoms with Crippen LogP contribution in [0, 0.1) is 5.92 Å². The molecule has 4 amide bonds. The van der Waals surface area contributed by atoms with Gasteiger partial charge in [-0.15, -0.1) is 0 Å². The summed E-state index contributed by atoms with van der Waals surface area (Å²) in [6, 6.07) is 10.5. The van der Waals surface area contributed by atoms with Gasteiger partial charge in [-0.05, 0) is 42.5 Å². The molecule has 0 bridgehead atoms. The molecule has 0 spiro atoms. The lowest BCUT2D eigenvalue weighted by Crippen LogP contribution is -2.58. The molecular formula is C18H13BrClN3O4. The smallest absolute Gasteiger partial charge is 0.335 e. The topological polar surface area (TPSA) is 88.1 Å². The van der Waals surface area contributed by atoms with Crippen LogP contribution in [0.25, 0.3) is 0 Å². The van der Waals surface area contributed by atoms with Crippen LogP contribution in [0.15, 0.2) is 51.9 Å². The van der Waals surface area contributed by atoms with Crippen LogP contribution in [-0.2, 0) is 9.59 Å². The predicted molar refractivity (Wildman–Crippen MR) is 105 cm³/mol. The van der Waals surface area contributed by atoms with Crippen LogP contribution in [-0.4, -0.2) is 31.2 Å². The van der Waals surface area contributed by atoms with Crippen LogP contribution in [0.3, 0.4) is 0 Å². The zero-order valence-electron chi connectivity index (χ0n) is 14.0. The zero-order valence-corrected chi connectivity index (χ0v) is 16.3. The average Bonchev–Trinajstić information content (AvgIpc) is 2.63. The van der Waals surface area contributed by atoms with Gasteiger partial charge in [0.15, 0.2) is 5.92 Å². The molecule has 0 aliphatic carbocycles. The molecule has 2 aromatic rings. The van der Waals surface area contributed by atoms with E-state index in [9.17, 15) is 14.4 Å². The molecule has 1 N–H and O–H groups in total. The Bertz CT molecular complexity index is 946. The van der Waals surface area contributed by atoms with Crippen molar-refractivity contribution in [3.05, 3.63) is 52.0 Å². The number of benzene rings is 2. The predicted octanol–water partition coefficient (Wildman–Crippen LogP) is 3.71. The summed E-state index contributed by atoms with van der Waals surface area (Å²) in [6.07, 6.45) is 1.19. The van der Waals surface area contributed by atoms with E-state index in [0.717, 1.165) is 9.37 Å². The maximum Gasteiger partial charge on any atom is 0.335 e. The van der Waals surface area contributed by atoms with E-state index in [0.29, 0.717) is 22.1 Å². The van der Waals surface area contributed by atoms with Crippen molar-refractivity contribution in [3.8, 4) is 5.75 Å². The standard InChI is InChI=1S/C18H13BrClN3O4/c1-27-15-7-2-10(19)8-14(15)21-9-13-16(24)22-18(26)23(17(13)25)12-5-3-11(20)4-6-12/h2-9,13H,1H3,(H,22,24,26)/t13-/m0/s1. The van der Waals surface area contributed by atoms with E-state index < -0.39 is 23.8 Å². The molecule has 1 aliphatic rings. The molecule has 3 rings (SSSR count). The SMILES string of the molecule is COc1ccc(Br)cc1N=C[C@H]1C(=O)NC(=O)N(c2ccc(Cl)cc2)C1=O. The third kappa shape index (κ3) is 4.01. The molecule has 0 radical (unpaired) electrons. The highest BCUT2D eigenvalue weighted by Crippen LogP contribution is 2.31. The van der Waals surface area contributed by atoms with E-state index in [1.54, 1.807) is 30.3 Å². The van der Waals surface area contributed by atoms with Crippen LogP contribution in [0.2, 0.25) is 5.02 Å². The van der Waals surface area contributed by atoms with Crippen molar-refractivity contribution in [2.45, 2.75) is 0 Å². The maximum absolute atomic E-state index is 12.8. The number of anilines is 1. The number of ether oxygens (including phenoxy) is 1. The number of halogens is 2. The van der Waals surface area contributed by atoms with Crippen LogP contribution in [0.4, 0.5) is 16.2 Å². The van der Waals surface area contributed by atoms with E-state index in [1.807, 2.05) is 0 Å². The molecule has 1 heterocycles. The average molecular weight is 451 g/mol. The maximum atomic E-state index is 12.8. The largest absolute Gasteiger partial charge is 0.494 e. The molecule has 27 heavy (non-hydrogen) atoms. The Hall–Kier alpha value is -2.71. The normalized spacial score (nSPS) is 17.4. The van der Waals surface area contributed by atoms with Gasteiger partial charge in [-0.2, -0.15) is 0 Å². The lowest BCUT2D eigenvalue weighted by atomic mass is 10.1. The number of barbiturate groups is 1. The number of nitrogens with zero attached hydrogens (tertiary/aromatic N) is 2. The third-order valence-corrected chi connectivity index (χ3v) is 4.54. The number of methoxy groups -OCH3 is 1. The van der Waals surface area contributed by atoms with Gasteiger partial charge in [-0.3, -0.25) is 19.9 Å². The molecule has 9 heteroatoms. The Morgan fingerprint density at radius 3 is 2.56 bits per heavy atom. The summed E-state index contributed by atoms with van der Waals surface area (Å²) in [5.74, 6) is -2.23. The fraction of sp³-hybridized carbons (Fsp3) is 0.111. The van der Waals surface area contributed by atoms with Crippen molar-refractivity contribution in [1.82, 2.24) is 5.32 Å². The highest BCUT2D eigenvalue weighted by Gasteiger charge is 2.40. The van der Waals surface area contributed by atoms with Gasteiger partial charge in [0.1, 0.15) is 11.4 Å². The number of hydrogen-bond donors (Lipinski definition) is 1. The van der Waals surface area contributed by atoms with Crippen LogP contribution in [0.5, 0.6) is 5.75 Å². The molecule has 2 aromatic carbocycles. The first-order valence-corrected chi connectivity index (χ1v) is 8.90. The Morgan fingerprint density at radius 2 is 1.89 bits per heavy atom. The molecule has 1 fully saturated rings. The summed E-state index contributed by atoms with van der Waals surface area (Å²) in [6.45, 7) is 0. The number of urea groups is 1. The second-order valence-electron chi connectivity index (χ2n) is 5.52. The van der Waals surface area contributed by atoms with Crippen molar-refractivity contribution in [3.63, 3.8) is 0 Å². The number of imide groups is 2. The van der Waals surface area contributed by atoms with Crippen molar-refractivity contribution in [2.75, 3.05) is 12.0 Å². The Kier molecular flexibility index (Phi) is 5.57. The molecular weight excluding hydrogens is 438 g/mol. The van der Waals surface area contributed by atoms with Gasteiger partial charge in [0.2, 0.25) is 5.91 Å². The van der Waals surface area contributed by atoms with Crippen molar-refractivity contribution in [2.24, 2.45) is 10.9 Å². The minimum atomic E-state index is -1.26. The monoisotopic (exact) mass is 449 g/mol. The molecule has 1 aliphatic heterocycles. The highest BCUT2D eigenvalue weighted by molar-refractivity contribution is 9.10. The quantitative estimate of drug-likeness (QED) is 0.568. The molecule has 0 unspecified atom stereocenters. The number of carbonyl (C=O) groups excluding carboxylic acids is 3. The summed E-state index contributed by atoms with van der Waals surface area (Å²) in [5.41, 5.74) is 0.732. The molecule has 7 nitrogen and oxygen atoms in total. The summed E-state index contributed by atoms with van der Waals surface area (Å²) in [5, 5.41) is 2.62. The number of carbonyl (C=O) groups is 3. The first kappa shape index (κ1) is 19.1. The first-order chi connectivity index (χ1) is 12.9. The van der Waals surface area contributed by atoms with Gasteiger partial charge in [-0.1, -0.05) is 27.5 Å². The van der Waals surface area contributed by atoms with Gasteiger partial charge < -0.3 is 4.74 Å². The van der Waals surface area contributed by atoms with E-state index in [1.165, 1.54) is 25.5 Å². The van der Waals surface area contributed by atoms with Crippen molar-refractivity contribution in [1.29, 1.82) is 0 Å². The summed E-state index contributed by atoms with van der Waals surface area (Å²) in [4.78, 5) is 42.1. The lowest BCUT2D eigenvalue weighted by Gasteiger charge is -2.28. The molecule has 1 saturated heterocycles. The summed E-state index contributed by atoms with van der Waals surface area (Å²) >= 11 is 9.17. The number of amides is 4. The second kappa shape index (κ2) is 7.89. The zero-order chi connectivity index (χ0) is 19.6. The van der Waals surface area contributed by atoms with Crippen LogP contribution in [0.1, 0.15) is 0 Å². The van der Waals surface area contributed by atoms with Crippen LogP contribution >= 0.6 is 27.5 Å². The van der Waals surface area contributed by atoms with Gasteiger partial charge >= 0.3 is 6.03 Å². The fourth-order valence-corrected chi connectivity index (χ4v) is 2.95. The molecule has 138 valence electrons. The van der Waals surface area contributed by atoms with Gasteiger partial charge in [0.05, 0.1) is 12.8 Å². The first-order valence-electron chi connectivity index (χ1n) is 7.73. The minimum Gasteiger partial charge on any atom is -0.494 e. The van der Waals surface area contributed by atoms with E-state index in [-0.39, 0.29) is 0 Å². The highest BCUT2D eigenvalue weighted by atomic mass is 79.9.